The lowest BCUT2D eigenvalue weighted by Crippen LogP contribution is -2.18. The zero-order valence-electron chi connectivity index (χ0n) is 8.06. The molecule has 0 saturated carbocycles. The zero-order chi connectivity index (χ0) is 10.6. The van der Waals surface area contributed by atoms with Gasteiger partial charge in [-0.2, -0.15) is 0 Å². The standard InChI is InChI=1S/C11H13Cl2N/c1-3-4-14-8(2)9-5-10(12)7-11(13)6-9/h3,5-8,14H,1,4H2,2H3. The Labute approximate surface area is 94.7 Å². The summed E-state index contributed by atoms with van der Waals surface area (Å²) in [5.74, 6) is 0. The largest absolute Gasteiger partial charge is 0.307 e. The fourth-order valence-corrected chi connectivity index (χ4v) is 1.75. The molecular weight excluding hydrogens is 217 g/mol. The molecule has 0 heterocycles. The molecular formula is C11H13Cl2N. The molecule has 14 heavy (non-hydrogen) atoms. The molecule has 1 unspecified atom stereocenters. The van der Waals surface area contributed by atoms with Gasteiger partial charge in [0, 0.05) is 22.6 Å². The van der Waals surface area contributed by atoms with Crippen molar-refractivity contribution in [3.8, 4) is 0 Å². The van der Waals surface area contributed by atoms with E-state index in [2.05, 4.69) is 18.8 Å². The van der Waals surface area contributed by atoms with Gasteiger partial charge in [-0.1, -0.05) is 29.3 Å². The van der Waals surface area contributed by atoms with Crippen LogP contribution in [0.2, 0.25) is 10.0 Å². The Morgan fingerprint density at radius 1 is 1.36 bits per heavy atom. The van der Waals surface area contributed by atoms with E-state index in [1.807, 2.05) is 18.2 Å². The summed E-state index contributed by atoms with van der Waals surface area (Å²) >= 11 is 11.8. The van der Waals surface area contributed by atoms with E-state index < -0.39 is 0 Å². The Kier molecular flexibility index (Phi) is 4.46. The van der Waals surface area contributed by atoms with E-state index in [4.69, 9.17) is 23.2 Å². The molecule has 0 bridgehead atoms. The molecule has 0 saturated heterocycles. The van der Waals surface area contributed by atoms with Crippen LogP contribution in [0.1, 0.15) is 18.5 Å². The van der Waals surface area contributed by atoms with Gasteiger partial charge >= 0.3 is 0 Å². The Morgan fingerprint density at radius 2 is 1.93 bits per heavy atom. The summed E-state index contributed by atoms with van der Waals surface area (Å²) < 4.78 is 0. The quantitative estimate of drug-likeness (QED) is 0.775. The predicted octanol–water partition coefficient (Wildman–Crippen LogP) is 3.83. The highest BCUT2D eigenvalue weighted by Crippen LogP contribution is 2.23. The molecule has 0 radical (unpaired) electrons. The maximum Gasteiger partial charge on any atom is 0.0424 e. The summed E-state index contributed by atoms with van der Waals surface area (Å²) in [5.41, 5.74) is 1.09. The van der Waals surface area contributed by atoms with Gasteiger partial charge in [0.2, 0.25) is 0 Å². The first-order valence-electron chi connectivity index (χ1n) is 4.43. The Hall–Kier alpha value is -0.500. The SMILES string of the molecule is C=CCNC(C)c1cc(Cl)cc(Cl)c1. The fourth-order valence-electron chi connectivity index (χ4n) is 1.20. The maximum atomic E-state index is 5.90. The van der Waals surface area contributed by atoms with Crippen molar-refractivity contribution in [2.75, 3.05) is 6.54 Å². The van der Waals surface area contributed by atoms with Crippen LogP contribution < -0.4 is 5.32 Å². The summed E-state index contributed by atoms with van der Waals surface area (Å²) in [7, 11) is 0. The molecule has 1 N–H and O–H groups in total. The number of hydrogen-bond donors (Lipinski definition) is 1. The van der Waals surface area contributed by atoms with Crippen molar-refractivity contribution < 1.29 is 0 Å². The number of hydrogen-bond acceptors (Lipinski definition) is 1. The summed E-state index contributed by atoms with van der Waals surface area (Å²) in [5, 5.41) is 4.60. The average molecular weight is 230 g/mol. The lowest BCUT2D eigenvalue weighted by molar-refractivity contribution is 0.618. The average Bonchev–Trinajstić information content (AvgIpc) is 2.12. The van der Waals surface area contributed by atoms with Gasteiger partial charge in [0.05, 0.1) is 0 Å². The number of halogens is 2. The van der Waals surface area contributed by atoms with E-state index in [1.54, 1.807) is 6.07 Å². The van der Waals surface area contributed by atoms with Crippen molar-refractivity contribution in [3.63, 3.8) is 0 Å². The van der Waals surface area contributed by atoms with Crippen molar-refractivity contribution in [2.24, 2.45) is 0 Å². The van der Waals surface area contributed by atoms with Crippen molar-refractivity contribution >= 4 is 23.2 Å². The van der Waals surface area contributed by atoms with Crippen LogP contribution in [-0.4, -0.2) is 6.54 Å². The zero-order valence-corrected chi connectivity index (χ0v) is 9.57. The van der Waals surface area contributed by atoms with Crippen molar-refractivity contribution in [2.45, 2.75) is 13.0 Å². The molecule has 0 aromatic heterocycles. The highest BCUT2D eigenvalue weighted by atomic mass is 35.5. The van der Waals surface area contributed by atoms with Crippen LogP contribution in [0.5, 0.6) is 0 Å². The second-order valence-corrected chi connectivity index (χ2v) is 3.99. The van der Waals surface area contributed by atoms with Gasteiger partial charge in [-0.25, -0.2) is 0 Å². The van der Waals surface area contributed by atoms with Gasteiger partial charge in [0.25, 0.3) is 0 Å². The number of nitrogens with one attached hydrogen (secondary N) is 1. The lowest BCUT2D eigenvalue weighted by Gasteiger charge is -2.13. The summed E-state index contributed by atoms with van der Waals surface area (Å²) in [6.45, 7) is 6.48. The summed E-state index contributed by atoms with van der Waals surface area (Å²) in [6.07, 6.45) is 1.82. The monoisotopic (exact) mass is 229 g/mol. The van der Waals surface area contributed by atoms with E-state index in [-0.39, 0.29) is 6.04 Å². The highest BCUT2D eigenvalue weighted by Gasteiger charge is 2.05. The minimum atomic E-state index is 0.226. The third-order valence-corrected chi connectivity index (χ3v) is 2.39. The molecule has 76 valence electrons. The Morgan fingerprint density at radius 3 is 2.43 bits per heavy atom. The molecule has 0 aliphatic heterocycles. The van der Waals surface area contributed by atoms with Crippen molar-refractivity contribution in [1.29, 1.82) is 0 Å². The van der Waals surface area contributed by atoms with Gasteiger partial charge in [-0.15, -0.1) is 6.58 Å². The maximum absolute atomic E-state index is 5.90. The third kappa shape index (κ3) is 3.33. The van der Waals surface area contributed by atoms with E-state index in [1.165, 1.54) is 0 Å². The fraction of sp³-hybridized carbons (Fsp3) is 0.273. The molecule has 0 fully saturated rings. The topological polar surface area (TPSA) is 12.0 Å². The normalized spacial score (nSPS) is 12.5. The molecule has 3 heteroatoms. The first-order chi connectivity index (χ1) is 6.63. The molecule has 0 amide bonds. The van der Waals surface area contributed by atoms with Crippen molar-refractivity contribution in [3.05, 3.63) is 46.5 Å². The van der Waals surface area contributed by atoms with E-state index in [0.29, 0.717) is 10.0 Å². The van der Waals surface area contributed by atoms with Crippen LogP contribution in [0, 0.1) is 0 Å². The van der Waals surface area contributed by atoms with Gasteiger partial charge in [0.15, 0.2) is 0 Å². The van der Waals surface area contributed by atoms with Gasteiger partial charge in [0.1, 0.15) is 0 Å². The smallest absolute Gasteiger partial charge is 0.0424 e. The minimum absolute atomic E-state index is 0.226. The van der Waals surface area contributed by atoms with Crippen LogP contribution in [0.15, 0.2) is 30.9 Å². The molecule has 1 aromatic carbocycles. The predicted molar refractivity (Wildman–Crippen MR) is 63.1 cm³/mol. The Balaban J connectivity index is 2.78. The van der Waals surface area contributed by atoms with Crippen LogP contribution >= 0.6 is 23.2 Å². The van der Waals surface area contributed by atoms with Crippen LogP contribution in [0.25, 0.3) is 0 Å². The summed E-state index contributed by atoms with van der Waals surface area (Å²) in [4.78, 5) is 0. The first-order valence-corrected chi connectivity index (χ1v) is 5.19. The van der Waals surface area contributed by atoms with Crippen LogP contribution in [0.4, 0.5) is 0 Å². The number of rotatable bonds is 4. The molecule has 0 aliphatic carbocycles. The minimum Gasteiger partial charge on any atom is -0.307 e. The second kappa shape index (κ2) is 5.40. The van der Waals surface area contributed by atoms with Gasteiger partial charge in [-0.3, -0.25) is 0 Å². The molecule has 0 aliphatic rings. The number of benzene rings is 1. The van der Waals surface area contributed by atoms with Crippen LogP contribution in [0.3, 0.4) is 0 Å². The highest BCUT2D eigenvalue weighted by molar-refractivity contribution is 6.34. The Bertz CT molecular complexity index is 303. The molecule has 1 rings (SSSR count). The second-order valence-electron chi connectivity index (χ2n) is 3.12. The van der Waals surface area contributed by atoms with Crippen molar-refractivity contribution in [1.82, 2.24) is 5.32 Å². The third-order valence-electron chi connectivity index (χ3n) is 1.95. The summed E-state index contributed by atoms with van der Waals surface area (Å²) in [6, 6.07) is 5.78. The van der Waals surface area contributed by atoms with Crippen LogP contribution in [-0.2, 0) is 0 Å². The lowest BCUT2D eigenvalue weighted by atomic mass is 10.1. The molecule has 1 nitrogen and oxygen atoms in total. The van der Waals surface area contributed by atoms with E-state index in [0.717, 1.165) is 12.1 Å². The molecule has 0 spiro atoms. The molecule has 1 aromatic rings. The van der Waals surface area contributed by atoms with Gasteiger partial charge in [-0.05, 0) is 30.7 Å². The van der Waals surface area contributed by atoms with E-state index >= 15 is 0 Å². The van der Waals surface area contributed by atoms with E-state index in [9.17, 15) is 0 Å². The van der Waals surface area contributed by atoms with Gasteiger partial charge < -0.3 is 5.32 Å². The first kappa shape index (κ1) is 11.6. The molecule has 1 atom stereocenters.